The van der Waals surface area contributed by atoms with Crippen molar-refractivity contribution in [3.63, 3.8) is 0 Å². The molecule has 1 aromatic heterocycles. The maximum Gasteiger partial charge on any atom is 0.308 e. The number of nitrogens with zero attached hydrogens (tertiary/aromatic N) is 2. The van der Waals surface area contributed by atoms with Crippen LogP contribution in [0.3, 0.4) is 0 Å². The Morgan fingerprint density at radius 3 is 2.72 bits per heavy atom. The fourth-order valence-electron chi connectivity index (χ4n) is 2.77. The first-order valence-corrected chi connectivity index (χ1v) is 9.07. The summed E-state index contributed by atoms with van der Waals surface area (Å²) in [6.45, 7) is 0.604. The molecule has 1 saturated heterocycles. The van der Waals surface area contributed by atoms with Gasteiger partial charge in [-0.25, -0.2) is 0 Å². The van der Waals surface area contributed by atoms with E-state index in [2.05, 4.69) is 0 Å². The lowest BCUT2D eigenvalue weighted by atomic mass is 9.98. The largest absolute Gasteiger partial charge is 0.481 e. The molecule has 136 valence electrons. The zero-order valence-electron chi connectivity index (χ0n) is 14.1. The molecule has 1 aliphatic heterocycles. The molecule has 0 aliphatic carbocycles. The molecule has 2 rings (SSSR count). The molecule has 2 amide bonds. The van der Waals surface area contributed by atoms with Crippen molar-refractivity contribution in [2.24, 2.45) is 5.92 Å². The number of Topliss-reactive ketones (excluding diaryl/α,β-unsaturated/α-hetero) is 1. The summed E-state index contributed by atoms with van der Waals surface area (Å²) in [6, 6.07) is 3.51. The van der Waals surface area contributed by atoms with E-state index >= 15 is 0 Å². The Hall–Kier alpha value is -2.22. The predicted octanol–water partition coefficient (Wildman–Crippen LogP) is 1.49. The Balaban J connectivity index is 1.78. The van der Waals surface area contributed by atoms with Crippen LogP contribution in [-0.2, 0) is 14.4 Å². The number of piperidine rings is 1. The standard InChI is InChI=1S/C17H22N2O5S/c1-18(15(21)7-6-13(20)14-5-3-9-25-14)11-16(22)19-8-2-4-12(10-19)17(23)24/h3,5,9,12H,2,4,6-8,10-11H2,1H3,(H,23,24). The number of amides is 2. The smallest absolute Gasteiger partial charge is 0.308 e. The highest BCUT2D eigenvalue weighted by Gasteiger charge is 2.29. The molecule has 1 N–H and O–H groups in total. The zero-order valence-corrected chi connectivity index (χ0v) is 15.0. The van der Waals surface area contributed by atoms with Gasteiger partial charge in [0.05, 0.1) is 17.3 Å². The van der Waals surface area contributed by atoms with Gasteiger partial charge in [0.15, 0.2) is 5.78 Å². The number of aliphatic carboxylic acids is 1. The molecule has 7 nitrogen and oxygen atoms in total. The van der Waals surface area contributed by atoms with Crippen LogP contribution in [0.15, 0.2) is 17.5 Å². The van der Waals surface area contributed by atoms with E-state index in [0.29, 0.717) is 24.3 Å². The van der Waals surface area contributed by atoms with Crippen LogP contribution in [0.2, 0.25) is 0 Å². The second kappa shape index (κ2) is 8.75. The topological polar surface area (TPSA) is 95.0 Å². The lowest BCUT2D eigenvalue weighted by molar-refractivity contribution is -0.147. The summed E-state index contributed by atoms with van der Waals surface area (Å²) in [6.07, 6.45) is 1.38. The van der Waals surface area contributed by atoms with Gasteiger partial charge in [-0.15, -0.1) is 11.3 Å². The molecular weight excluding hydrogens is 344 g/mol. The molecule has 0 radical (unpaired) electrons. The average molecular weight is 366 g/mol. The third-order valence-electron chi connectivity index (χ3n) is 4.28. The maximum atomic E-state index is 12.3. The normalized spacial score (nSPS) is 17.2. The maximum absolute atomic E-state index is 12.3. The molecule has 0 bridgehead atoms. The van der Waals surface area contributed by atoms with Crippen molar-refractivity contribution < 1.29 is 24.3 Å². The van der Waals surface area contributed by atoms with Gasteiger partial charge in [0.25, 0.3) is 0 Å². The van der Waals surface area contributed by atoms with Crippen molar-refractivity contribution in [3.05, 3.63) is 22.4 Å². The van der Waals surface area contributed by atoms with Crippen molar-refractivity contribution in [2.75, 3.05) is 26.7 Å². The SMILES string of the molecule is CN(CC(=O)N1CCCC(C(=O)O)C1)C(=O)CCC(=O)c1cccs1. The molecule has 1 atom stereocenters. The first-order chi connectivity index (χ1) is 11.9. The number of carboxylic acids is 1. The van der Waals surface area contributed by atoms with Crippen molar-refractivity contribution in [1.82, 2.24) is 9.80 Å². The molecule has 0 spiro atoms. The van der Waals surface area contributed by atoms with E-state index < -0.39 is 11.9 Å². The van der Waals surface area contributed by atoms with Crippen LogP contribution in [0.5, 0.6) is 0 Å². The van der Waals surface area contributed by atoms with Gasteiger partial charge < -0.3 is 14.9 Å². The molecule has 0 saturated carbocycles. The van der Waals surface area contributed by atoms with E-state index in [4.69, 9.17) is 5.11 Å². The van der Waals surface area contributed by atoms with Crippen LogP contribution in [0.4, 0.5) is 0 Å². The fraction of sp³-hybridized carbons (Fsp3) is 0.529. The van der Waals surface area contributed by atoms with Crippen LogP contribution < -0.4 is 0 Å². The number of likely N-dealkylation sites (tertiary alicyclic amines) is 1. The first-order valence-electron chi connectivity index (χ1n) is 8.19. The Labute approximate surface area is 150 Å². The van der Waals surface area contributed by atoms with Gasteiger partial charge in [-0.1, -0.05) is 6.07 Å². The minimum absolute atomic E-state index is 0.0538. The first kappa shape index (κ1) is 19.1. The van der Waals surface area contributed by atoms with Gasteiger partial charge in [-0.2, -0.15) is 0 Å². The number of ketones is 1. The monoisotopic (exact) mass is 366 g/mol. The van der Waals surface area contributed by atoms with Crippen LogP contribution in [-0.4, -0.2) is 65.2 Å². The lowest BCUT2D eigenvalue weighted by Crippen LogP contribution is -2.46. The third kappa shape index (κ3) is 5.38. The van der Waals surface area contributed by atoms with Crippen LogP contribution in [0.1, 0.15) is 35.4 Å². The highest BCUT2D eigenvalue weighted by molar-refractivity contribution is 7.12. The summed E-state index contributed by atoms with van der Waals surface area (Å²) in [5.74, 6) is -2.05. The number of rotatable bonds is 7. The minimum Gasteiger partial charge on any atom is -0.481 e. The van der Waals surface area contributed by atoms with E-state index in [-0.39, 0.29) is 43.5 Å². The Kier molecular flexibility index (Phi) is 6.69. The summed E-state index contributed by atoms with van der Waals surface area (Å²) in [4.78, 5) is 50.8. The van der Waals surface area contributed by atoms with Crippen molar-refractivity contribution in [2.45, 2.75) is 25.7 Å². The average Bonchev–Trinajstić information content (AvgIpc) is 3.14. The van der Waals surface area contributed by atoms with Crippen molar-refractivity contribution >= 4 is 34.9 Å². The lowest BCUT2D eigenvalue weighted by Gasteiger charge is -2.32. The van der Waals surface area contributed by atoms with Crippen LogP contribution >= 0.6 is 11.3 Å². The Morgan fingerprint density at radius 1 is 1.32 bits per heavy atom. The van der Waals surface area contributed by atoms with E-state index in [9.17, 15) is 19.2 Å². The fourth-order valence-corrected chi connectivity index (χ4v) is 3.46. The Morgan fingerprint density at radius 2 is 2.08 bits per heavy atom. The molecular formula is C17H22N2O5S. The Bertz CT molecular complexity index is 643. The summed E-state index contributed by atoms with van der Waals surface area (Å²) in [5, 5.41) is 10.9. The van der Waals surface area contributed by atoms with Crippen molar-refractivity contribution in [3.8, 4) is 0 Å². The van der Waals surface area contributed by atoms with Crippen LogP contribution in [0, 0.1) is 5.92 Å². The molecule has 1 aromatic rings. The van der Waals surface area contributed by atoms with Crippen molar-refractivity contribution in [1.29, 1.82) is 0 Å². The number of hydrogen-bond acceptors (Lipinski definition) is 5. The van der Waals surface area contributed by atoms with Crippen LogP contribution in [0.25, 0.3) is 0 Å². The minimum atomic E-state index is -0.894. The highest BCUT2D eigenvalue weighted by atomic mass is 32.1. The molecule has 25 heavy (non-hydrogen) atoms. The third-order valence-corrected chi connectivity index (χ3v) is 5.19. The van der Waals surface area contributed by atoms with Gasteiger partial charge in [-0.3, -0.25) is 19.2 Å². The van der Waals surface area contributed by atoms with E-state index in [1.54, 1.807) is 12.1 Å². The summed E-state index contributed by atoms with van der Waals surface area (Å²) in [5.41, 5.74) is 0. The number of carbonyl (C=O) groups is 4. The van der Waals surface area contributed by atoms with Gasteiger partial charge in [0.2, 0.25) is 11.8 Å². The molecule has 0 aromatic carbocycles. The summed E-state index contributed by atoms with van der Waals surface area (Å²) in [7, 11) is 1.52. The van der Waals surface area contributed by atoms with E-state index in [0.717, 1.165) is 0 Å². The summed E-state index contributed by atoms with van der Waals surface area (Å²) < 4.78 is 0. The van der Waals surface area contributed by atoms with Gasteiger partial charge >= 0.3 is 5.97 Å². The molecule has 1 fully saturated rings. The number of likely N-dealkylation sites (N-methyl/N-ethyl adjacent to an activating group) is 1. The van der Waals surface area contributed by atoms with E-state index in [1.165, 1.54) is 28.2 Å². The highest BCUT2D eigenvalue weighted by Crippen LogP contribution is 2.17. The molecule has 2 heterocycles. The summed E-state index contributed by atoms with van der Waals surface area (Å²) >= 11 is 1.34. The zero-order chi connectivity index (χ0) is 18.4. The second-order valence-corrected chi connectivity index (χ2v) is 7.12. The molecule has 1 unspecified atom stereocenters. The number of carbonyl (C=O) groups excluding carboxylic acids is 3. The number of hydrogen-bond donors (Lipinski definition) is 1. The molecule has 8 heteroatoms. The quantitative estimate of drug-likeness (QED) is 0.738. The van der Waals surface area contributed by atoms with Gasteiger partial charge in [0, 0.05) is 33.0 Å². The number of carboxylic acid groups (broad SMARTS) is 1. The predicted molar refractivity (Wildman–Crippen MR) is 92.5 cm³/mol. The molecule has 1 aliphatic rings. The second-order valence-electron chi connectivity index (χ2n) is 6.17. The number of thiophene rings is 1. The van der Waals surface area contributed by atoms with E-state index in [1.807, 2.05) is 5.38 Å². The van der Waals surface area contributed by atoms with Gasteiger partial charge in [-0.05, 0) is 24.3 Å². The van der Waals surface area contributed by atoms with Gasteiger partial charge in [0.1, 0.15) is 0 Å².